The first-order valence-corrected chi connectivity index (χ1v) is 6.05. The van der Waals surface area contributed by atoms with Gasteiger partial charge in [0.05, 0.1) is 12.7 Å². The van der Waals surface area contributed by atoms with Crippen molar-refractivity contribution in [3.8, 4) is 0 Å². The summed E-state index contributed by atoms with van der Waals surface area (Å²) in [6.07, 6.45) is 1.59. The van der Waals surface area contributed by atoms with Crippen molar-refractivity contribution in [1.29, 1.82) is 0 Å². The second-order valence-corrected chi connectivity index (χ2v) is 4.50. The SMILES string of the molecule is C=CCC(O)CN(C)CCOP(=O)(O)O. The van der Waals surface area contributed by atoms with Gasteiger partial charge in [-0.25, -0.2) is 4.57 Å². The van der Waals surface area contributed by atoms with Crippen LogP contribution in [0.4, 0.5) is 0 Å². The van der Waals surface area contributed by atoms with Crippen LogP contribution in [-0.2, 0) is 9.09 Å². The minimum absolute atomic E-state index is 0.0679. The Bertz CT molecular complexity index is 229. The summed E-state index contributed by atoms with van der Waals surface area (Å²) in [6.45, 7) is 4.19. The third-order valence-corrected chi connectivity index (χ3v) is 2.21. The zero-order chi connectivity index (χ0) is 11.9. The molecule has 0 fully saturated rings. The van der Waals surface area contributed by atoms with Crippen LogP contribution in [0.25, 0.3) is 0 Å². The largest absolute Gasteiger partial charge is 0.469 e. The lowest BCUT2D eigenvalue weighted by atomic mass is 10.2. The van der Waals surface area contributed by atoms with Gasteiger partial charge in [-0.2, -0.15) is 0 Å². The van der Waals surface area contributed by atoms with E-state index in [1.807, 2.05) is 0 Å². The van der Waals surface area contributed by atoms with Crippen LogP contribution in [-0.4, -0.2) is 52.6 Å². The van der Waals surface area contributed by atoms with Crippen molar-refractivity contribution in [2.45, 2.75) is 12.5 Å². The van der Waals surface area contributed by atoms with E-state index in [-0.39, 0.29) is 6.61 Å². The Kier molecular flexibility index (Phi) is 7.00. The molecule has 0 spiro atoms. The van der Waals surface area contributed by atoms with Gasteiger partial charge in [-0.3, -0.25) is 4.52 Å². The van der Waals surface area contributed by atoms with Crippen LogP contribution >= 0.6 is 7.82 Å². The molecule has 0 amide bonds. The van der Waals surface area contributed by atoms with E-state index in [0.29, 0.717) is 19.5 Å². The topological polar surface area (TPSA) is 90.2 Å². The fourth-order valence-corrected chi connectivity index (χ4v) is 1.35. The van der Waals surface area contributed by atoms with Gasteiger partial charge in [0, 0.05) is 13.1 Å². The molecule has 0 aromatic heterocycles. The molecule has 0 aromatic carbocycles. The molecule has 0 aromatic rings. The van der Waals surface area contributed by atoms with Crippen LogP contribution < -0.4 is 0 Å². The molecule has 15 heavy (non-hydrogen) atoms. The summed E-state index contributed by atoms with van der Waals surface area (Å²) in [5.41, 5.74) is 0. The monoisotopic (exact) mass is 239 g/mol. The fourth-order valence-electron chi connectivity index (χ4n) is 1.03. The Morgan fingerprint density at radius 1 is 1.60 bits per heavy atom. The molecule has 0 heterocycles. The molecular formula is C8H18NO5P. The van der Waals surface area contributed by atoms with Gasteiger partial charge in [0.25, 0.3) is 0 Å². The molecular weight excluding hydrogens is 221 g/mol. The first kappa shape index (κ1) is 14.8. The Morgan fingerprint density at radius 2 is 2.20 bits per heavy atom. The summed E-state index contributed by atoms with van der Waals surface area (Å²) in [5.74, 6) is 0. The predicted molar refractivity (Wildman–Crippen MR) is 56.3 cm³/mol. The van der Waals surface area contributed by atoms with Gasteiger partial charge in [-0.15, -0.1) is 6.58 Å². The highest BCUT2D eigenvalue weighted by Crippen LogP contribution is 2.35. The van der Waals surface area contributed by atoms with Crippen LogP contribution in [0.1, 0.15) is 6.42 Å². The van der Waals surface area contributed by atoms with Gasteiger partial charge in [0.2, 0.25) is 0 Å². The molecule has 0 rings (SSSR count). The normalized spacial score (nSPS) is 14.2. The lowest BCUT2D eigenvalue weighted by molar-refractivity contribution is 0.112. The average Bonchev–Trinajstić information content (AvgIpc) is 2.01. The van der Waals surface area contributed by atoms with Crippen LogP contribution in [0.15, 0.2) is 12.7 Å². The van der Waals surface area contributed by atoms with Crippen LogP contribution in [0, 0.1) is 0 Å². The Labute approximate surface area is 89.4 Å². The summed E-state index contributed by atoms with van der Waals surface area (Å²) in [6, 6.07) is 0. The number of aliphatic hydroxyl groups is 1. The van der Waals surface area contributed by atoms with E-state index >= 15 is 0 Å². The standard InChI is InChI=1S/C8H18NO5P/c1-3-4-8(10)7-9(2)5-6-14-15(11,12)13/h3,8,10H,1,4-7H2,2H3,(H2,11,12,13). The lowest BCUT2D eigenvalue weighted by Gasteiger charge is -2.19. The van der Waals surface area contributed by atoms with Gasteiger partial charge in [0.15, 0.2) is 0 Å². The Morgan fingerprint density at radius 3 is 2.67 bits per heavy atom. The molecule has 0 saturated heterocycles. The number of hydrogen-bond donors (Lipinski definition) is 3. The van der Waals surface area contributed by atoms with E-state index in [0.717, 1.165) is 0 Å². The molecule has 1 unspecified atom stereocenters. The summed E-state index contributed by atoms with van der Waals surface area (Å²) in [5, 5.41) is 9.37. The molecule has 1 atom stereocenters. The highest BCUT2D eigenvalue weighted by atomic mass is 31.2. The van der Waals surface area contributed by atoms with Crippen LogP contribution in [0.2, 0.25) is 0 Å². The second-order valence-electron chi connectivity index (χ2n) is 3.26. The van der Waals surface area contributed by atoms with Gasteiger partial charge < -0.3 is 19.8 Å². The van der Waals surface area contributed by atoms with Crippen LogP contribution in [0.3, 0.4) is 0 Å². The zero-order valence-corrected chi connectivity index (χ0v) is 9.64. The van der Waals surface area contributed by atoms with Crippen molar-refractivity contribution in [1.82, 2.24) is 4.90 Å². The molecule has 7 heteroatoms. The average molecular weight is 239 g/mol. The van der Waals surface area contributed by atoms with Gasteiger partial charge in [-0.1, -0.05) is 6.08 Å². The smallest absolute Gasteiger partial charge is 0.391 e. The number of hydrogen-bond acceptors (Lipinski definition) is 4. The van der Waals surface area contributed by atoms with Crippen molar-refractivity contribution in [3.05, 3.63) is 12.7 Å². The maximum Gasteiger partial charge on any atom is 0.469 e. The number of nitrogens with zero attached hydrogens (tertiary/aromatic N) is 1. The molecule has 0 aliphatic rings. The van der Waals surface area contributed by atoms with Crippen molar-refractivity contribution < 1.29 is 24.0 Å². The van der Waals surface area contributed by atoms with E-state index < -0.39 is 13.9 Å². The molecule has 3 N–H and O–H groups in total. The number of rotatable bonds is 8. The van der Waals surface area contributed by atoms with Crippen molar-refractivity contribution >= 4 is 7.82 Å². The summed E-state index contributed by atoms with van der Waals surface area (Å²) < 4.78 is 14.6. The third kappa shape index (κ3) is 10.1. The van der Waals surface area contributed by atoms with Crippen molar-refractivity contribution in [2.75, 3.05) is 26.7 Å². The zero-order valence-electron chi connectivity index (χ0n) is 8.74. The van der Waals surface area contributed by atoms with E-state index in [9.17, 15) is 9.67 Å². The molecule has 0 aliphatic heterocycles. The number of phosphoric acid groups is 1. The first-order chi connectivity index (χ1) is 6.85. The highest BCUT2D eigenvalue weighted by Gasteiger charge is 2.14. The second kappa shape index (κ2) is 7.11. The van der Waals surface area contributed by atoms with E-state index in [4.69, 9.17) is 9.79 Å². The molecule has 90 valence electrons. The van der Waals surface area contributed by atoms with E-state index in [1.165, 1.54) is 0 Å². The van der Waals surface area contributed by atoms with Gasteiger partial charge >= 0.3 is 7.82 Å². The fraction of sp³-hybridized carbons (Fsp3) is 0.750. The highest BCUT2D eigenvalue weighted by molar-refractivity contribution is 7.46. The van der Waals surface area contributed by atoms with Gasteiger partial charge in [0.1, 0.15) is 0 Å². The molecule has 0 saturated carbocycles. The molecule has 0 radical (unpaired) electrons. The Hall–Kier alpha value is -0.230. The minimum Gasteiger partial charge on any atom is -0.391 e. The number of likely N-dealkylation sites (N-methyl/N-ethyl adjacent to an activating group) is 1. The third-order valence-electron chi connectivity index (χ3n) is 1.69. The summed E-state index contributed by atoms with van der Waals surface area (Å²) in [4.78, 5) is 18.5. The first-order valence-electron chi connectivity index (χ1n) is 4.52. The van der Waals surface area contributed by atoms with Gasteiger partial charge in [-0.05, 0) is 13.5 Å². The Balaban J connectivity index is 3.61. The summed E-state index contributed by atoms with van der Waals surface area (Å²) in [7, 11) is -2.64. The number of aliphatic hydroxyl groups excluding tert-OH is 1. The van der Waals surface area contributed by atoms with Crippen LogP contribution in [0.5, 0.6) is 0 Å². The number of phosphoric ester groups is 1. The lowest BCUT2D eigenvalue weighted by Crippen LogP contribution is -2.31. The summed E-state index contributed by atoms with van der Waals surface area (Å²) >= 11 is 0. The van der Waals surface area contributed by atoms with E-state index in [1.54, 1.807) is 18.0 Å². The maximum atomic E-state index is 10.3. The molecule has 6 nitrogen and oxygen atoms in total. The van der Waals surface area contributed by atoms with Crippen molar-refractivity contribution in [2.24, 2.45) is 0 Å². The molecule has 0 aliphatic carbocycles. The quantitative estimate of drug-likeness (QED) is 0.407. The maximum absolute atomic E-state index is 10.3. The molecule has 0 bridgehead atoms. The van der Waals surface area contributed by atoms with E-state index in [2.05, 4.69) is 11.1 Å². The van der Waals surface area contributed by atoms with Crippen molar-refractivity contribution in [3.63, 3.8) is 0 Å². The minimum atomic E-state index is -4.37. The predicted octanol–water partition coefficient (Wildman–Crippen LogP) is -0.0355.